The smallest absolute Gasteiger partial charge is 0.272 e. The molecule has 0 bridgehead atoms. The molecule has 3 rings (SSSR count). The lowest BCUT2D eigenvalue weighted by atomic mass is 9.93. The Morgan fingerprint density at radius 3 is 2.67 bits per heavy atom. The van der Waals surface area contributed by atoms with E-state index in [-0.39, 0.29) is 11.9 Å². The number of nitrogens with zero attached hydrogens (tertiary/aromatic N) is 4. The number of carbonyl (C=O) groups is 1. The summed E-state index contributed by atoms with van der Waals surface area (Å²) in [7, 11) is 3.63. The number of rotatable bonds is 4. The number of aryl methyl sites for hydroxylation is 2. The quantitative estimate of drug-likeness (QED) is 0.926. The number of nitrogens with one attached hydrogen (secondary N) is 1. The zero-order valence-electron chi connectivity index (χ0n) is 14.3. The molecule has 2 aromatic rings. The van der Waals surface area contributed by atoms with Gasteiger partial charge in [0.05, 0.1) is 36.2 Å². The predicted molar refractivity (Wildman–Crippen MR) is 89.5 cm³/mol. The van der Waals surface area contributed by atoms with E-state index in [1.807, 2.05) is 11.6 Å². The standard InChI is InChI=1S/C17H23N5O2/c1-11-16(17(23)20-12-4-6-13(24-3)7-5-12)21-14(8-19-11)15-9-18-10-22(15)2/h8-10,12-13H,4-7H2,1-3H3,(H,20,23)/t12-,13-. The van der Waals surface area contributed by atoms with E-state index in [4.69, 9.17) is 4.74 Å². The van der Waals surface area contributed by atoms with Crippen molar-refractivity contribution in [2.24, 2.45) is 7.05 Å². The van der Waals surface area contributed by atoms with Gasteiger partial charge in [0.2, 0.25) is 0 Å². The van der Waals surface area contributed by atoms with Gasteiger partial charge in [0.15, 0.2) is 0 Å². The maximum Gasteiger partial charge on any atom is 0.272 e. The summed E-state index contributed by atoms with van der Waals surface area (Å²) in [6.45, 7) is 1.80. The van der Waals surface area contributed by atoms with E-state index in [0.717, 1.165) is 31.4 Å². The molecule has 2 aromatic heterocycles. The molecule has 1 N–H and O–H groups in total. The van der Waals surface area contributed by atoms with Crippen LogP contribution in [0, 0.1) is 6.92 Å². The van der Waals surface area contributed by atoms with Gasteiger partial charge in [-0.15, -0.1) is 0 Å². The minimum atomic E-state index is -0.162. The van der Waals surface area contributed by atoms with E-state index < -0.39 is 0 Å². The first-order valence-corrected chi connectivity index (χ1v) is 8.22. The highest BCUT2D eigenvalue weighted by molar-refractivity contribution is 5.93. The summed E-state index contributed by atoms with van der Waals surface area (Å²) in [6, 6.07) is 0.172. The highest BCUT2D eigenvalue weighted by atomic mass is 16.5. The second-order valence-electron chi connectivity index (χ2n) is 6.26. The zero-order chi connectivity index (χ0) is 17.1. The topological polar surface area (TPSA) is 81.9 Å². The Labute approximate surface area is 141 Å². The van der Waals surface area contributed by atoms with Crippen LogP contribution in [-0.2, 0) is 11.8 Å². The Balaban J connectivity index is 1.74. The summed E-state index contributed by atoms with van der Waals surface area (Å²) < 4.78 is 7.23. The van der Waals surface area contributed by atoms with Crippen LogP contribution < -0.4 is 5.32 Å². The van der Waals surface area contributed by atoms with Crippen LogP contribution in [0.2, 0.25) is 0 Å². The first kappa shape index (κ1) is 16.6. The van der Waals surface area contributed by atoms with Crippen LogP contribution in [0.25, 0.3) is 11.4 Å². The molecule has 0 spiro atoms. The van der Waals surface area contributed by atoms with Crippen molar-refractivity contribution in [3.05, 3.63) is 30.1 Å². The number of methoxy groups -OCH3 is 1. The molecule has 0 aromatic carbocycles. The molecule has 7 heteroatoms. The fraction of sp³-hybridized carbons (Fsp3) is 0.529. The van der Waals surface area contributed by atoms with Gasteiger partial charge < -0.3 is 14.6 Å². The van der Waals surface area contributed by atoms with Crippen molar-refractivity contribution in [3.63, 3.8) is 0 Å². The van der Waals surface area contributed by atoms with Crippen LogP contribution >= 0.6 is 0 Å². The Morgan fingerprint density at radius 2 is 2.04 bits per heavy atom. The SMILES string of the molecule is CO[C@H]1CC[C@H](NC(=O)c2nc(-c3cncn3C)cnc2C)CC1. The minimum Gasteiger partial charge on any atom is -0.381 e. The molecule has 128 valence electrons. The van der Waals surface area contributed by atoms with E-state index in [1.54, 1.807) is 32.8 Å². The number of ether oxygens (including phenoxy) is 1. The number of aromatic nitrogens is 4. The predicted octanol–water partition coefficient (Wildman–Crippen LogP) is 1.87. The van der Waals surface area contributed by atoms with Crippen molar-refractivity contribution in [3.8, 4) is 11.4 Å². The van der Waals surface area contributed by atoms with Crippen molar-refractivity contribution < 1.29 is 9.53 Å². The molecule has 1 saturated carbocycles. The monoisotopic (exact) mass is 329 g/mol. The van der Waals surface area contributed by atoms with Gasteiger partial charge in [-0.3, -0.25) is 9.78 Å². The van der Waals surface area contributed by atoms with E-state index >= 15 is 0 Å². The summed E-state index contributed by atoms with van der Waals surface area (Å²) in [5.41, 5.74) is 2.48. The molecule has 0 aliphatic heterocycles. The summed E-state index contributed by atoms with van der Waals surface area (Å²) >= 11 is 0. The molecule has 7 nitrogen and oxygen atoms in total. The molecule has 0 saturated heterocycles. The molecule has 1 aliphatic rings. The Morgan fingerprint density at radius 1 is 1.29 bits per heavy atom. The molecular weight excluding hydrogens is 306 g/mol. The fourth-order valence-corrected chi connectivity index (χ4v) is 3.09. The van der Waals surface area contributed by atoms with Gasteiger partial charge in [-0.2, -0.15) is 0 Å². The van der Waals surface area contributed by atoms with E-state index in [0.29, 0.717) is 23.2 Å². The first-order valence-electron chi connectivity index (χ1n) is 8.22. The summed E-state index contributed by atoms with van der Waals surface area (Å²) in [5, 5.41) is 3.09. The number of amides is 1. The van der Waals surface area contributed by atoms with Crippen molar-refractivity contribution in [2.45, 2.75) is 44.8 Å². The third-order valence-corrected chi connectivity index (χ3v) is 4.59. The van der Waals surface area contributed by atoms with Gasteiger partial charge in [0, 0.05) is 20.2 Å². The molecule has 24 heavy (non-hydrogen) atoms. The van der Waals surface area contributed by atoms with E-state index in [1.165, 1.54) is 0 Å². The second kappa shape index (κ2) is 7.09. The number of carbonyl (C=O) groups excluding carboxylic acids is 1. The number of hydrogen-bond donors (Lipinski definition) is 1. The van der Waals surface area contributed by atoms with Crippen LogP contribution in [0.5, 0.6) is 0 Å². The van der Waals surface area contributed by atoms with E-state index in [9.17, 15) is 4.79 Å². The molecular formula is C17H23N5O2. The lowest BCUT2D eigenvalue weighted by molar-refractivity contribution is 0.0598. The average Bonchev–Trinajstić information content (AvgIpc) is 3.02. The van der Waals surface area contributed by atoms with Crippen molar-refractivity contribution >= 4 is 5.91 Å². The molecule has 1 amide bonds. The molecule has 2 heterocycles. The normalized spacial score (nSPS) is 20.8. The zero-order valence-corrected chi connectivity index (χ0v) is 14.3. The fourth-order valence-electron chi connectivity index (χ4n) is 3.09. The third kappa shape index (κ3) is 3.46. The second-order valence-corrected chi connectivity index (χ2v) is 6.26. The summed E-state index contributed by atoms with van der Waals surface area (Å²) in [4.78, 5) is 25.6. The van der Waals surface area contributed by atoms with Gasteiger partial charge in [0.25, 0.3) is 5.91 Å². The van der Waals surface area contributed by atoms with Gasteiger partial charge in [-0.05, 0) is 32.6 Å². The molecule has 0 atom stereocenters. The largest absolute Gasteiger partial charge is 0.381 e. The third-order valence-electron chi connectivity index (χ3n) is 4.59. The van der Waals surface area contributed by atoms with Crippen LogP contribution in [0.1, 0.15) is 41.9 Å². The van der Waals surface area contributed by atoms with E-state index in [2.05, 4.69) is 20.3 Å². The maximum atomic E-state index is 12.6. The summed E-state index contributed by atoms with van der Waals surface area (Å²) in [5.74, 6) is -0.162. The molecule has 1 aliphatic carbocycles. The minimum absolute atomic E-state index is 0.162. The highest BCUT2D eigenvalue weighted by Crippen LogP contribution is 2.21. The average molecular weight is 329 g/mol. The number of imidazole rings is 1. The lowest BCUT2D eigenvalue weighted by Gasteiger charge is -2.28. The lowest BCUT2D eigenvalue weighted by Crippen LogP contribution is -2.39. The Hall–Kier alpha value is -2.28. The van der Waals surface area contributed by atoms with Crippen molar-refractivity contribution in [1.82, 2.24) is 24.8 Å². The van der Waals surface area contributed by atoms with Crippen LogP contribution in [0.15, 0.2) is 18.7 Å². The summed E-state index contributed by atoms with van der Waals surface area (Å²) in [6.07, 6.45) is 9.21. The molecule has 0 radical (unpaired) electrons. The first-order chi connectivity index (χ1) is 11.6. The van der Waals surface area contributed by atoms with Gasteiger partial charge in [-0.25, -0.2) is 9.97 Å². The van der Waals surface area contributed by atoms with Crippen molar-refractivity contribution in [2.75, 3.05) is 7.11 Å². The van der Waals surface area contributed by atoms with Gasteiger partial charge in [0.1, 0.15) is 11.4 Å². The maximum absolute atomic E-state index is 12.6. The highest BCUT2D eigenvalue weighted by Gasteiger charge is 2.24. The van der Waals surface area contributed by atoms with Crippen molar-refractivity contribution in [1.29, 1.82) is 0 Å². The van der Waals surface area contributed by atoms with Crippen LogP contribution in [0.4, 0.5) is 0 Å². The van der Waals surface area contributed by atoms with Crippen LogP contribution in [-0.4, -0.2) is 44.7 Å². The molecule has 0 unspecified atom stereocenters. The van der Waals surface area contributed by atoms with Gasteiger partial charge in [-0.1, -0.05) is 0 Å². The Bertz CT molecular complexity index is 720. The van der Waals surface area contributed by atoms with Crippen LogP contribution in [0.3, 0.4) is 0 Å². The number of hydrogen-bond acceptors (Lipinski definition) is 5. The van der Waals surface area contributed by atoms with Gasteiger partial charge >= 0.3 is 0 Å². The molecule has 1 fully saturated rings. The Kier molecular flexibility index (Phi) is 4.89.